The van der Waals surface area contributed by atoms with Gasteiger partial charge in [-0.05, 0) is 25.4 Å². The molecule has 0 amide bonds. The van der Waals surface area contributed by atoms with E-state index in [-0.39, 0.29) is 0 Å². The van der Waals surface area contributed by atoms with Crippen molar-refractivity contribution in [2.75, 3.05) is 13.1 Å². The van der Waals surface area contributed by atoms with Gasteiger partial charge in [0, 0.05) is 6.42 Å². The molecule has 0 aliphatic rings. The topological polar surface area (TPSA) is 37.8 Å². The summed E-state index contributed by atoms with van der Waals surface area (Å²) in [6.45, 7) is 5.92. The maximum Gasteiger partial charge on any atom is 0.445 e. The molecule has 1 heterocycles. The number of alkyl halides is 3. The molecule has 0 fully saturated rings. The van der Waals surface area contributed by atoms with Crippen LogP contribution in [0.2, 0.25) is 0 Å². The highest BCUT2D eigenvalue weighted by atomic mass is 32.1. The summed E-state index contributed by atoms with van der Waals surface area (Å²) in [6.07, 6.45) is -3.05. The van der Waals surface area contributed by atoms with Crippen LogP contribution in [0.25, 0.3) is 0 Å². The minimum absolute atomic E-state index is 0.448. The molecule has 0 radical (unpaired) electrons. The Morgan fingerprint density at radius 3 is 2.53 bits per heavy atom. The Labute approximate surface area is 102 Å². The zero-order valence-corrected chi connectivity index (χ0v) is 10.7. The maximum absolute atomic E-state index is 12.2. The van der Waals surface area contributed by atoms with Gasteiger partial charge in [-0.25, -0.2) is 0 Å². The molecule has 0 spiro atoms. The van der Waals surface area contributed by atoms with E-state index in [9.17, 15) is 13.2 Å². The Hall–Kier alpha value is -0.690. The molecule has 1 aromatic heterocycles. The van der Waals surface area contributed by atoms with Gasteiger partial charge >= 0.3 is 6.18 Å². The van der Waals surface area contributed by atoms with E-state index < -0.39 is 11.2 Å². The fraction of sp³-hybridized carbons (Fsp3) is 0.800. The summed E-state index contributed by atoms with van der Waals surface area (Å²) in [4.78, 5) is 0. The summed E-state index contributed by atoms with van der Waals surface area (Å²) in [7, 11) is 0. The van der Waals surface area contributed by atoms with Crippen molar-refractivity contribution < 1.29 is 13.2 Å². The average molecular weight is 267 g/mol. The Morgan fingerprint density at radius 1 is 1.29 bits per heavy atom. The molecule has 0 saturated carbocycles. The van der Waals surface area contributed by atoms with Crippen LogP contribution in [0.5, 0.6) is 0 Å². The fourth-order valence-electron chi connectivity index (χ4n) is 1.22. The molecule has 7 heteroatoms. The lowest BCUT2D eigenvalue weighted by Gasteiger charge is -2.05. The fourth-order valence-corrected chi connectivity index (χ4v) is 1.97. The zero-order chi connectivity index (χ0) is 12.9. The molecule has 3 nitrogen and oxygen atoms in total. The molecular weight excluding hydrogens is 251 g/mol. The van der Waals surface area contributed by atoms with Crippen LogP contribution in [-0.2, 0) is 12.6 Å². The van der Waals surface area contributed by atoms with Crippen molar-refractivity contribution in [3.63, 3.8) is 0 Å². The molecular formula is C10H16F3N3S. The zero-order valence-electron chi connectivity index (χ0n) is 9.84. The quantitative estimate of drug-likeness (QED) is 0.805. The molecule has 98 valence electrons. The molecule has 0 bridgehead atoms. The van der Waals surface area contributed by atoms with Gasteiger partial charge in [0.25, 0.3) is 0 Å². The van der Waals surface area contributed by atoms with Crippen LogP contribution >= 0.6 is 11.3 Å². The van der Waals surface area contributed by atoms with Gasteiger partial charge in [0.05, 0.1) is 0 Å². The molecule has 1 N–H and O–H groups in total. The lowest BCUT2D eigenvalue weighted by atomic mass is 10.2. The largest absolute Gasteiger partial charge is 0.445 e. The van der Waals surface area contributed by atoms with E-state index in [1.807, 2.05) is 0 Å². The Morgan fingerprint density at radius 2 is 2.00 bits per heavy atom. The second-order valence-electron chi connectivity index (χ2n) is 4.20. The number of nitrogens with zero attached hydrogens (tertiary/aromatic N) is 2. The normalized spacial score (nSPS) is 12.4. The van der Waals surface area contributed by atoms with Gasteiger partial charge in [0.1, 0.15) is 5.01 Å². The van der Waals surface area contributed by atoms with Crippen LogP contribution in [0.3, 0.4) is 0 Å². The number of aryl methyl sites for hydroxylation is 1. The second kappa shape index (κ2) is 6.30. The number of aromatic nitrogens is 2. The van der Waals surface area contributed by atoms with Gasteiger partial charge in [-0.1, -0.05) is 25.2 Å². The van der Waals surface area contributed by atoms with Crippen LogP contribution in [0.4, 0.5) is 13.2 Å². The summed E-state index contributed by atoms with van der Waals surface area (Å²) in [5, 5.41) is 9.49. The van der Waals surface area contributed by atoms with Crippen molar-refractivity contribution >= 4 is 11.3 Å². The molecule has 17 heavy (non-hydrogen) atoms. The maximum atomic E-state index is 12.2. The Kier molecular flexibility index (Phi) is 5.32. The van der Waals surface area contributed by atoms with Crippen molar-refractivity contribution in [2.24, 2.45) is 5.92 Å². The van der Waals surface area contributed by atoms with Crippen LogP contribution < -0.4 is 5.32 Å². The molecule has 1 rings (SSSR count). The molecule has 1 aromatic rings. The molecule has 0 aromatic carbocycles. The average Bonchev–Trinajstić information content (AvgIpc) is 2.64. The number of halogens is 3. The van der Waals surface area contributed by atoms with Gasteiger partial charge in [0.15, 0.2) is 0 Å². The Bertz CT molecular complexity index is 336. The summed E-state index contributed by atoms with van der Waals surface area (Å²) < 4.78 is 36.7. The third-order valence-corrected chi connectivity index (χ3v) is 3.03. The van der Waals surface area contributed by atoms with Crippen molar-refractivity contribution in [1.29, 1.82) is 0 Å². The lowest BCUT2D eigenvalue weighted by Crippen LogP contribution is -2.21. The molecule has 0 aliphatic carbocycles. The van der Waals surface area contributed by atoms with Gasteiger partial charge < -0.3 is 5.32 Å². The predicted octanol–water partition coefficient (Wildman–Crippen LogP) is 2.74. The summed E-state index contributed by atoms with van der Waals surface area (Å²) in [5.41, 5.74) is 0. The minimum Gasteiger partial charge on any atom is -0.316 e. The predicted molar refractivity (Wildman–Crippen MR) is 60.9 cm³/mol. The van der Waals surface area contributed by atoms with Crippen molar-refractivity contribution in [3.8, 4) is 0 Å². The first kappa shape index (κ1) is 14.4. The first-order valence-electron chi connectivity index (χ1n) is 5.50. The van der Waals surface area contributed by atoms with Gasteiger partial charge in [-0.15, -0.1) is 10.2 Å². The van der Waals surface area contributed by atoms with E-state index in [4.69, 9.17) is 0 Å². The second-order valence-corrected chi connectivity index (χ2v) is 5.26. The minimum atomic E-state index is -4.37. The molecule has 0 aliphatic heterocycles. The third kappa shape index (κ3) is 5.45. The summed E-state index contributed by atoms with van der Waals surface area (Å²) in [6, 6.07) is 0. The van der Waals surface area contributed by atoms with Crippen molar-refractivity contribution in [2.45, 2.75) is 32.9 Å². The number of hydrogen-bond acceptors (Lipinski definition) is 4. The van der Waals surface area contributed by atoms with Crippen LogP contribution in [-0.4, -0.2) is 23.3 Å². The third-order valence-electron chi connectivity index (χ3n) is 2.01. The highest BCUT2D eigenvalue weighted by molar-refractivity contribution is 7.11. The van der Waals surface area contributed by atoms with Crippen molar-refractivity contribution in [1.82, 2.24) is 15.5 Å². The van der Waals surface area contributed by atoms with Crippen LogP contribution in [0.15, 0.2) is 0 Å². The van der Waals surface area contributed by atoms with Crippen LogP contribution in [0, 0.1) is 5.92 Å². The Balaban J connectivity index is 2.26. The standard InChI is InChI=1S/C10H16F3N3S/c1-7(2)6-14-5-3-4-8-15-16-9(17-8)10(11,12)13/h7,14H,3-6H2,1-2H3. The van der Waals surface area contributed by atoms with Crippen LogP contribution in [0.1, 0.15) is 30.3 Å². The SMILES string of the molecule is CC(C)CNCCCc1nnc(C(F)(F)F)s1. The lowest BCUT2D eigenvalue weighted by molar-refractivity contribution is -0.138. The number of nitrogens with one attached hydrogen (secondary N) is 1. The van der Waals surface area contributed by atoms with Gasteiger partial charge in [-0.3, -0.25) is 0 Å². The smallest absolute Gasteiger partial charge is 0.316 e. The molecule has 0 atom stereocenters. The summed E-state index contributed by atoms with van der Waals surface area (Å²) in [5.74, 6) is 0.577. The highest BCUT2D eigenvalue weighted by Gasteiger charge is 2.35. The monoisotopic (exact) mass is 267 g/mol. The van der Waals surface area contributed by atoms with E-state index in [0.29, 0.717) is 28.7 Å². The van der Waals surface area contributed by atoms with E-state index in [2.05, 4.69) is 29.4 Å². The summed E-state index contributed by atoms with van der Waals surface area (Å²) >= 11 is 0.629. The van der Waals surface area contributed by atoms with Crippen molar-refractivity contribution in [3.05, 3.63) is 10.0 Å². The van der Waals surface area contributed by atoms with E-state index in [0.717, 1.165) is 19.5 Å². The highest BCUT2D eigenvalue weighted by Crippen LogP contribution is 2.31. The van der Waals surface area contributed by atoms with E-state index in [1.165, 1.54) is 0 Å². The van der Waals surface area contributed by atoms with E-state index in [1.54, 1.807) is 0 Å². The molecule has 0 unspecified atom stereocenters. The first-order valence-corrected chi connectivity index (χ1v) is 6.31. The molecule has 0 saturated heterocycles. The van der Waals surface area contributed by atoms with Gasteiger partial charge in [0.2, 0.25) is 5.01 Å². The van der Waals surface area contributed by atoms with E-state index >= 15 is 0 Å². The number of hydrogen-bond donors (Lipinski definition) is 1. The van der Waals surface area contributed by atoms with Gasteiger partial charge in [-0.2, -0.15) is 13.2 Å². The number of rotatable bonds is 6. The first-order chi connectivity index (χ1) is 7.89.